The highest BCUT2D eigenvalue weighted by Gasteiger charge is 2.08. The Kier molecular flexibility index (Phi) is 6.39. The van der Waals surface area contributed by atoms with Crippen LogP contribution in [-0.4, -0.2) is 30.4 Å². The quantitative estimate of drug-likeness (QED) is 0.761. The average Bonchev–Trinajstić information content (AvgIpc) is 2.38. The van der Waals surface area contributed by atoms with Crippen molar-refractivity contribution in [1.29, 1.82) is 0 Å². The van der Waals surface area contributed by atoms with Crippen LogP contribution in [-0.2, 0) is 17.9 Å². The summed E-state index contributed by atoms with van der Waals surface area (Å²) < 4.78 is 0. The van der Waals surface area contributed by atoms with Crippen LogP contribution >= 0.6 is 0 Å². The summed E-state index contributed by atoms with van der Waals surface area (Å²) in [7, 11) is 0. The van der Waals surface area contributed by atoms with Crippen LogP contribution < -0.4 is 11.1 Å². The molecule has 0 aromatic heterocycles. The van der Waals surface area contributed by atoms with Crippen molar-refractivity contribution in [3.63, 3.8) is 0 Å². The second-order valence-corrected chi connectivity index (χ2v) is 4.28. The van der Waals surface area contributed by atoms with Gasteiger partial charge in [0.05, 0.1) is 6.54 Å². The van der Waals surface area contributed by atoms with Gasteiger partial charge in [0.2, 0.25) is 5.91 Å². The van der Waals surface area contributed by atoms with E-state index in [0.29, 0.717) is 19.6 Å². The molecule has 0 radical (unpaired) electrons. The van der Waals surface area contributed by atoms with Crippen LogP contribution in [0.25, 0.3) is 0 Å². The number of carbonyl (C=O) groups excluding carboxylic acids is 1. The van der Waals surface area contributed by atoms with E-state index in [1.807, 2.05) is 19.1 Å². The van der Waals surface area contributed by atoms with Crippen molar-refractivity contribution >= 4 is 5.91 Å². The minimum Gasteiger partial charge on any atom is -0.355 e. The molecule has 1 rings (SSSR count). The minimum atomic E-state index is 0.0781. The Morgan fingerprint density at radius 1 is 1.33 bits per heavy atom. The molecule has 0 saturated heterocycles. The highest BCUT2D eigenvalue weighted by Crippen LogP contribution is 2.07. The van der Waals surface area contributed by atoms with Crippen LogP contribution in [0.2, 0.25) is 0 Å². The molecule has 4 nitrogen and oxygen atoms in total. The summed E-state index contributed by atoms with van der Waals surface area (Å²) >= 11 is 0. The molecule has 0 fully saturated rings. The second-order valence-electron chi connectivity index (χ2n) is 4.28. The second kappa shape index (κ2) is 7.84. The topological polar surface area (TPSA) is 58.4 Å². The third-order valence-electron chi connectivity index (χ3n) is 2.82. The molecule has 0 saturated carbocycles. The Labute approximate surface area is 109 Å². The van der Waals surface area contributed by atoms with Crippen molar-refractivity contribution in [3.8, 4) is 0 Å². The molecule has 0 unspecified atom stereocenters. The number of nitrogens with one attached hydrogen (secondary N) is 1. The van der Waals surface area contributed by atoms with Gasteiger partial charge in [-0.2, -0.15) is 0 Å². The number of carbonyl (C=O) groups is 1. The first-order chi connectivity index (χ1) is 8.69. The van der Waals surface area contributed by atoms with Crippen LogP contribution in [0.1, 0.15) is 25.0 Å². The predicted octanol–water partition coefficient (Wildman–Crippen LogP) is 1.10. The smallest absolute Gasteiger partial charge is 0.234 e. The maximum atomic E-state index is 11.6. The molecule has 0 atom stereocenters. The Hall–Kier alpha value is -1.39. The summed E-state index contributed by atoms with van der Waals surface area (Å²) in [5.74, 6) is 0.0781. The number of benzene rings is 1. The molecule has 18 heavy (non-hydrogen) atoms. The first kappa shape index (κ1) is 14.7. The Balaban J connectivity index is 2.58. The number of rotatable bonds is 7. The van der Waals surface area contributed by atoms with Crippen molar-refractivity contribution in [2.75, 3.05) is 19.6 Å². The van der Waals surface area contributed by atoms with Gasteiger partial charge >= 0.3 is 0 Å². The lowest BCUT2D eigenvalue weighted by atomic mass is 10.1. The molecular formula is C14H23N3O. The number of nitrogens with zero attached hydrogens (tertiary/aromatic N) is 1. The molecule has 3 N–H and O–H groups in total. The van der Waals surface area contributed by atoms with Crippen LogP contribution in [0.3, 0.4) is 0 Å². The van der Waals surface area contributed by atoms with Crippen molar-refractivity contribution in [2.45, 2.75) is 26.9 Å². The van der Waals surface area contributed by atoms with E-state index in [-0.39, 0.29) is 5.91 Å². The molecule has 0 heterocycles. The highest BCUT2D eigenvalue weighted by molar-refractivity contribution is 5.77. The van der Waals surface area contributed by atoms with Gasteiger partial charge in [0.1, 0.15) is 0 Å². The molecule has 0 aliphatic rings. The summed E-state index contributed by atoms with van der Waals surface area (Å²) in [5, 5.41) is 2.82. The number of amides is 1. The fourth-order valence-electron chi connectivity index (χ4n) is 1.85. The lowest BCUT2D eigenvalue weighted by Gasteiger charge is -2.20. The molecule has 1 aromatic carbocycles. The van der Waals surface area contributed by atoms with Gasteiger partial charge in [-0.15, -0.1) is 0 Å². The molecule has 100 valence electrons. The van der Waals surface area contributed by atoms with E-state index >= 15 is 0 Å². The lowest BCUT2D eigenvalue weighted by molar-refractivity contribution is -0.122. The normalized spacial score (nSPS) is 10.7. The maximum Gasteiger partial charge on any atom is 0.234 e. The van der Waals surface area contributed by atoms with Crippen LogP contribution in [0.15, 0.2) is 24.3 Å². The summed E-state index contributed by atoms with van der Waals surface area (Å²) in [6.45, 7) is 7.29. The van der Waals surface area contributed by atoms with Gasteiger partial charge in [0.25, 0.3) is 0 Å². The fraction of sp³-hybridized carbons (Fsp3) is 0.500. The zero-order valence-corrected chi connectivity index (χ0v) is 11.3. The van der Waals surface area contributed by atoms with Crippen molar-refractivity contribution in [2.24, 2.45) is 5.73 Å². The third kappa shape index (κ3) is 4.85. The molecule has 1 amide bonds. The van der Waals surface area contributed by atoms with Gasteiger partial charge < -0.3 is 11.1 Å². The summed E-state index contributed by atoms with van der Waals surface area (Å²) in [5.41, 5.74) is 7.95. The molecule has 0 spiro atoms. The van der Waals surface area contributed by atoms with E-state index in [4.69, 9.17) is 5.73 Å². The zero-order chi connectivity index (χ0) is 13.4. The molecule has 0 aliphatic heterocycles. The van der Waals surface area contributed by atoms with Crippen LogP contribution in [0, 0.1) is 0 Å². The monoisotopic (exact) mass is 249 g/mol. The van der Waals surface area contributed by atoms with Crippen molar-refractivity contribution in [3.05, 3.63) is 35.4 Å². The molecule has 0 bridgehead atoms. The Morgan fingerprint density at radius 3 is 2.67 bits per heavy atom. The summed E-state index contributed by atoms with van der Waals surface area (Å²) in [4.78, 5) is 13.7. The Morgan fingerprint density at radius 2 is 2.06 bits per heavy atom. The van der Waals surface area contributed by atoms with E-state index in [0.717, 1.165) is 18.7 Å². The van der Waals surface area contributed by atoms with Crippen molar-refractivity contribution < 1.29 is 4.79 Å². The van der Waals surface area contributed by atoms with Gasteiger partial charge in [-0.3, -0.25) is 9.69 Å². The van der Waals surface area contributed by atoms with E-state index in [1.165, 1.54) is 5.56 Å². The number of likely N-dealkylation sites (N-methyl/N-ethyl adjacent to an activating group) is 2. The van der Waals surface area contributed by atoms with Crippen LogP contribution in [0.4, 0.5) is 0 Å². The average molecular weight is 249 g/mol. The number of hydrogen-bond acceptors (Lipinski definition) is 3. The van der Waals surface area contributed by atoms with Crippen molar-refractivity contribution in [1.82, 2.24) is 10.2 Å². The summed E-state index contributed by atoms with van der Waals surface area (Å²) in [6, 6.07) is 8.20. The molecule has 0 aliphatic carbocycles. The predicted molar refractivity (Wildman–Crippen MR) is 74.0 cm³/mol. The largest absolute Gasteiger partial charge is 0.355 e. The third-order valence-corrected chi connectivity index (χ3v) is 2.82. The van der Waals surface area contributed by atoms with E-state index in [1.54, 1.807) is 0 Å². The summed E-state index contributed by atoms with van der Waals surface area (Å²) in [6.07, 6.45) is 0. The number of nitrogens with two attached hydrogens (primary N) is 1. The standard InChI is InChI=1S/C14H23N3O/c1-3-16-14(18)11-17(4-2)10-13-7-5-6-12(8-13)9-15/h5-8H,3-4,9-11,15H2,1-2H3,(H,16,18). The van der Waals surface area contributed by atoms with E-state index in [9.17, 15) is 4.79 Å². The minimum absolute atomic E-state index is 0.0781. The molecule has 1 aromatic rings. The van der Waals surface area contributed by atoms with Gasteiger partial charge in [0, 0.05) is 19.6 Å². The first-order valence-electron chi connectivity index (χ1n) is 6.46. The molecular weight excluding hydrogens is 226 g/mol. The first-order valence-corrected chi connectivity index (χ1v) is 6.46. The lowest BCUT2D eigenvalue weighted by Crippen LogP contribution is -2.36. The maximum absolute atomic E-state index is 11.6. The van der Waals surface area contributed by atoms with Gasteiger partial charge in [-0.1, -0.05) is 31.2 Å². The molecule has 4 heteroatoms. The van der Waals surface area contributed by atoms with E-state index < -0.39 is 0 Å². The fourth-order valence-corrected chi connectivity index (χ4v) is 1.85. The Bertz CT molecular complexity index is 379. The highest BCUT2D eigenvalue weighted by atomic mass is 16.2. The number of hydrogen-bond donors (Lipinski definition) is 2. The van der Waals surface area contributed by atoms with Gasteiger partial charge in [-0.25, -0.2) is 0 Å². The van der Waals surface area contributed by atoms with Crippen LogP contribution in [0.5, 0.6) is 0 Å². The van der Waals surface area contributed by atoms with Gasteiger partial charge in [-0.05, 0) is 24.6 Å². The zero-order valence-electron chi connectivity index (χ0n) is 11.3. The van der Waals surface area contributed by atoms with E-state index in [2.05, 4.69) is 29.3 Å². The van der Waals surface area contributed by atoms with Gasteiger partial charge in [0.15, 0.2) is 0 Å². The SMILES string of the molecule is CCNC(=O)CN(CC)Cc1cccc(CN)c1.